The molecule has 0 fully saturated rings. The van der Waals surface area contributed by atoms with E-state index in [4.69, 9.17) is 9.84 Å². The Kier molecular flexibility index (Phi) is 3.54. The summed E-state index contributed by atoms with van der Waals surface area (Å²) >= 11 is 0. The van der Waals surface area contributed by atoms with Crippen molar-refractivity contribution in [2.45, 2.75) is 26.4 Å². The van der Waals surface area contributed by atoms with Crippen LogP contribution in [0.2, 0.25) is 0 Å². The summed E-state index contributed by atoms with van der Waals surface area (Å²) in [5.41, 5.74) is 0.0512. The highest BCUT2D eigenvalue weighted by Gasteiger charge is 2.22. The number of aryl methyl sites for hydroxylation is 1. The summed E-state index contributed by atoms with van der Waals surface area (Å²) in [6.45, 7) is 5.27. The predicted molar refractivity (Wildman–Crippen MR) is 73.0 cm³/mol. The van der Waals surface area contributed by atoms with Crippen molar-refractivity contribution >= 4 is 12.1 Å². The van der Waals surface area contributed by atoms with Gasteiger partial charge in [-0.3, -0.25) is 4.68 Å². The summed E-state index contributed by atoms with van der Waals surface area (Å²) in [4.78, 5) is 27.1. The summed E-state index contributed by atoms with van der Waals surface area (Å²) in [7, 11) is 1.61. The number of ether oxygens (including phenoxy) is 1. The van der Waals surface area contributed by atoms with Crippen molar-refractivity contribution in [3.63, 3.8) is 0 Å². The van der Waals surface area contributed by atoms with Crippen LogP contribution < -0.4 is 0 Å². The van der Waals surface area contributed by atoms with Crippen molar-refractivity contribution in [3.05, 3.63) is 24.3 Å². The third-order valence-corrected chi connectivity index (χ3v) is 2.60. The number of aromatic carboxylic acids is 1. The summed E-state index contributed by atoms with van der Waals surface area (Å²) in [5, 5.41) is 13.0. The lowest BCUT2D eigenvalue weighted by molar-refractivity contribution is 0.0536. The number of aromatic nitrogens is 4. The van der Waals surface area contributed by atoms with Gasteiger partial charge in [0, 0.05) is 13.2 Å². The molecule has 2 heterocycles. The van der Waals surface area contributed by atoms with E-state index in [0.29, 0.717) is 11.4 Å². The van der Waals surface area contributed by atoms with Crippen LogP contribution in [-0.4, -0.2) is 42.1 Å². The minimum Gasteiger partial charge on any atom is -0.478 e. The van der Waals surface area contributed by atoms with Gasteiger partial charge in [0.25, 0.3) is 0 Å². The Labute approximate surface area is 121 Å². The molecule has 8 heteroatoms. The molecule has 2 aromatic heterocycles. The van der Waals surface area contributed by atoms with Crippen molar-refractivity contribution in [2.75, 3.05) is 0 Å². The molecule has 8 nitrogen and oxygen atoms in total. The Morgan fingerprint density at radius 3 is 2.57 bits per heavy atom. The highest BCUT2D eigenvalue weighted by atomic mass is 16.6. The fourth-order valence-electron chi connectivity index (χ4n) is 1.76. The average molecular weight is 292 g/mol. The van der Waals surface area contributed by atoms with Gasteiger partial charge >= 0.3 is 12.1 Å². The highest BCUT2D eigenvalue weighted by Crippen LogP contribution is 2.21. The van der Waals surface area contributed by atoms with E-state index in [9.17, 15) is 9.59 Å². The quantitative estimate of drug-likeness (QED) is 0.905. The number of rotatable bonds is 2. The molecular weight excluding hydrogens is 276 g/mol. The number of carboxylic acids is 1. The van der Waals surface area contributed by atoms with E-state index < -0.39 is 17.7 Å². The Morgan fingerprint density at radius 2 is 2.00 bits per heavy atom. The molecule has 0 saturated carbocycles. The smallest absolute Gasteiger partial charge is 0.419 e. The molecule has 0 radical (unpaired) electrons. The van der Waals surface area contributed by atoms with Gasteiger partial charge in [0.1, 0.15) is 28.9 Å². The second-order valence-corrected chi connectivity index (χ2v) is 5.48. The lowest BCUT2D eigenvalue weighted by Gasteiger charge is -2.19. The van der Waals surface area contributed by atoms with Crippen LogP contribution in [0.5, 0.6) is 0 Å². The van der Waals surface area contributed by atoms with E-state index in [0.717, 1.165) is 0 Å². The van der Waals surface area contributed by atoms with Gasteiger partial charge in [0.15, 0.2) is 0 Å². The van der Waals surface area contributed by atoms with Crippen LogP contribution in [0.4, 0.5) is 4.79 Å². The van der Waals surface area contributed by atoms with Gasteiger partial charge in [-0.25, -0.2) is 19.1 Å². The maximum absolute atomic E-state index is 11.9. The van der Waals surface area contributed by atoms with Crippen LogP contribution in [-0.2, 0) is 11.8 Å². The first-order chi connectivity index (χ1) is 9.69. The second kappa shape index (κ2) is 5.04. The van der Waals surface area contributed by atoms with Crippen LogP contribution in [0.25, 0.3) is 11.4 Å². The lowest BCUT2D eigenvalue weighted by Crippen LogP contribution is -2.26. The number of carbonyl (C=O) groups excluding carboxylic acids is 1. The zero-order chi connectivity index (χ0) is 15.8. The molecule has 2 aromatic rings. The Morgan fingerprint density at radius 1 is 1.33 bits per heavy atom. The van der Waals surface area contributed by atoms with Crippen LogP contribution in [0.1, 0.15) is 31.1 Å². The number of hydrogen-bond acceptors (Lipinski definition) is 5. The molecule has 0 aliphatic rings. The van der Waals surface area contributed by atoms with Crippen LogP contribution >= 0.6 is 0 Å². The van der Waals surface area contributed by atoms with Gasteiger partial charge in [-0.15, -0.1) is 0 Å². The van der Waals surface area contributed by atoms with Crippen LogP contribution in [0, 0.1) is 0 Å². The maximum atomic E-state index is 11.9. The number of hydrogen-bond donors (Lipinski definition) is 1. The van der Waals surface area contributed by atoms with E-state index in [1.165, 1.54) is 28.0 Å². The first kappa shape index (κ1) is 14.8. The van der Waals surface area contributed by atoms with Gasteiger partial charge in [-0.05, 0) is 20.8 Å². The largest absolute Gasteiger partial charge is 0.478 e. The minimum absolute atomic E-state index is 0.0203. The van der Waals surface area contributed by atoms with Gasteiger partial charge in [-0.2, -0.15) is 5.10 Å². The molecule has 112 valence electrons. The van der Waals surface area contributed by atoms with Gasteiger partial charge in [0.2, 0.25) is 0 Å². The number of imidazole rings is 1. The van der Waals surface area contributed by atoms with Crippen molar-refractivity contribution in [1.29, 1.82) is 0 Å². The van der Waals surface area contributed by atoms with Crippen molar-refractivity contribution < 1.29 is 19.4 Å². The normalized spacial score (nSPS) is 11.4. The van der Waals surface area contributed by atoms with Gasteiger partial charge < -0.3 is 9.84 Å². The third-order valence-electron chi connectivity index (χ3n) is 2.60. The Balaban J connectivity index is 2.35. The molecule has 2 rings (SSSR count). The topological polar surface area (TPSA) is 99.2 Å². The zero-order valence-electron chi connectivity index (χ0n) is 12.2. The molecule has 1 N–H and O–H groups in total. The molecular formula is C13H16N4O4. The molecule has 0 bridgehead atoms. The standard InChI is InChI=1S/C13H16N4O4/c1-13(2,3)21-12(20)17-6-9(14-7-17)10-8(11(18)19)5-15-16(10)4/h5-7H,1-4H3,(H,18,19). The van der Waals surface area contributed by atoms with Crippen LogP contribution in [0.15, 0.2) is 18.7 Å². The zero-order valence-corrected chi connectivity index (χ0v) is 12.2. The monoisotopic (exact) mass is 292 g/mol. The molecule has 0 aliphatic carbocycles. The summed E-state index contributed by atoms with van der Waals surface area (Å²) < 4.78 is 7.77. The van der Waals surface area contributed by atoms with Crippen molar-refractivity contribution in [1.82, 2.24) is 19.3 Å². The Hall–Kier alpha value is -2.64. The molecule has 0 aliphatic heterocycles. The lowest BCUT2D eigenvalue weighted by atomic mass is 10.2. The molecule has 21 heavy (non-hydrogen) atoms. The predicted octanol–water partition coefficient (Wildman–Crippen LogP) is 1.76. The van der Waals surface area contributed by atoms with E-state index in [-0.39, 0.29) is 5.56 Å². The highest BCUT2D eigenvalue weighted by molar-refractivity contribution is 5.94. The first-order valence-corrected chi connectivity index (χ1v) is 6.22. The Bertz CT molecular complexity index is 693. The maximum Gasteiger partial charge on any atom is 0.419 e. The van der Waals surface area contributed by atoms with E-state index >= 15 is 0 Å². The molecule has 0 spiro atoms. The molecule has 0 amide bonds. The summed E-state index contributed by atoms with van der Waals surface area (Å²) in [6.07, 6.45) is 3.35. The summed E-state index contributed by atoms with van der Waals surface area (Å²) in [5.74, 6) is -1.11. The van der Waals surface area contributed by atoms with E-state index in [1.807, 2.05) is 0 Å². The van der Waals surface area contributed by atoms with Crippen molar-refractivity contribution in [2.24, 2.45) is 7.05 Å². The minimum atomic E-state index is -1.11. The fourth-order valence-corrected chi connectivity index (χ4v) is 1.76. The third kappa shape index (κ3) is 3.10. The number of carbonyl (C=O) groups is 2. The second-order valence-electron chi connectivity index (χ2n) is 5.48. The number of carboxylic acid groups (broad SMARTS) is 1. The molecule has 0 aromatic carbocycles. The fraction of sp³-hybridized carbons (Fsp3) is 0.385. The average Bonchev–Trinajstić information content (AvgIpc) is 2.92. The van der Waals surface area contributed by atoms with Gasteiger partial charge in [0.05, 0.1) is 6.20 Å². The molecule has 0 atom stereocenters. The number of nitrogens with zero attached hydrogens (tertiary/aromatic N) is 4. The molecule has 0 unspecified atom stereocenters. The molecule has 0 saturated heterocycles. The van der Waals surface area contributed by atoms with E-state index in [1.54, 1.807) is 27.8 Å². The SMILES string of the molecule is Cn1ncc(C(=O)O)c1-c1cn(C(=O)OC(C)(C)C)cn1. The first-order valence-electron chi connectivity index (χ1n) is 6.22. The summed E-state index contributed by atoms with van der Waals surface area (Å²) in [6, 6.07) is 0. The van der Waals surface area contributed by atoms with Crippen molar-refractivity contribution in [3.8, 4) is 11.4 Å². The van der Waals surface area contributed by atoms with Gasteiger partial charge in [-0.1, -0.05) is 0 Å². The van der Waals surface area contributed by atoms with E-state index in [2.05, 4.69) is 10.1 Å². The van der Waals surface area contributed by atoms with Crippen LogP contribution in [0.3, 0.4) is 0 Å².